The van der Waals surface area contributed by atoms with Crippen molar-refractivity contribution in [1.29, 1.82) is 0 Å². The number of hydrogen-bond donors (Lipinski definition) is 2. The lowest BCUT2D eigenvalue weighted by atomic mass is 10.1. The summed E-state index contributed by atoms with van der Waals surface area (Å²) in [6, 6.07) is 1.60. The van der Waals surface area contributed by atoms with Crippen LogP contribution in [0.1, 0.15) is 60.6 Å². The van der Waals surface area contributed by atoms with E-state index in [9.17, 15) is 4.79 Å². The normalized spacial score (nSPS) is 10.7. The highest BCUT2D eigenvalue weighted by molar-refractivity contribution is 5.92. The van der Waals surface area contributed by atoms with Crippen molar-refractivity contribution in [3.8, 4) is 5.88 Å². The molecule has 0 aliphatic rings. The summed E-state index contributed by atoms with van der Waals surface area (Å²) in [5.41, 5.74) is 2.28. The molecule has 0 aromatic carbocycles. The van der Waals surface area contributed by atoms with Gasteiger partial charge in [0.1, 0.15) is 18.1 Å². The lowest BCUT2D eigenvalue weighted by molar-refractivity contribution is 0.0948. The maximum absolute atomic E-state index is 11.8. The van der Waals surface area contributed by atoms with Crippen LogP contribution >= 0.6 is 0 Å². The van der Waals surface area contributed by atoms with Gasteiger partial charge in [-0.25, -0.2) is 0 Å². The van der Waals surface area contributed by atoms with E-state index in [1.54, 1.807) is 6.07 Å². The van der Waals surface area contributed by atoms with Crippen molar-refractivity contribution in [2.45, 2.75) is 53.1 Å². The molecule has 7 heteroatoms. The summed E-state index contributed by atoms with van der Waals surface area (Å²) in [6.45, 7) is 6.97. The van der Waals surface area contributed by atoms with Crippen molar-refractivity contribution < 1.29 is 14.1 Å². The lowest BCUT2D eigenvalue weighted by Crippen LogP contribution is -2.24. The molecule has 2 rings (SSSR count). The van der Waals surface area contributed by atoms with Crippen LogP contribution in [0.3, 0.4) is 0 Å². The summed E-state index contributed by atoms with van der Waals surface area (Å²) in [6.07, 6.45) is 3.92. The average Bonchev–Trinajstić information content (AvgIpc) is 3.15. The van der Waals surface area contributed by atoms with Gasteiger partial charge in [0.05, 0.1) is 11.3 Å². The molecule has 2 aromatic rings. The molecule has 0 fully saturated rings. The molecular formula is C16H24N4O3. The Labute approximate surface area is 135 Å². The van der Waals surface area contributed by atoms with Crippen molar-refractivity contribution in [3.63, 3.8) is 0 Å². The van der Waals surface area contributed by atoms with Crippen LogP contribution in [0.2, 0.25) is 0 Å². The second-order valence-corrected chi connectivity index (χ2v) is 5.43. The molecule has 23 heavy (non-hydrogen) atoms. The zero-order chi connectivity index (χ0) is 16.7. The molecule has 126 valence electrons. The van der Waals surface area contributed by atoms with E-state index >= 15 is 0 Å². The highest BCUT2D eigenvalue weighted by atomic mass is 16.5. The Kier molecular flexibility index (Phi) is 6.19. The van der Waals surface area contributed by atoms with Gasteiger partial charge in [-0.15, -0.1) is 5.10 Å². The van der Waals surface area contributed by atoms with Crippen molar-refractivity contribution >= 4 is 5.91 Å². The summed E-state index contributed by atoms with van der Waals surface area (Å²) >= 11 is 0. The molecule has 0 bridgehead atoms. The fourth-order valence-corrected chi connectivity index (χ4v) is 2.14. The molecule has 2 heterocycles. The van der Waals surface area contributed by atoms with E-state index in [0.29, 0.717) is 24.7 Å². The van der Waals surface area contributed by atoms with Crippen LogP contribution in [-0.4, -0.2) is 27.8 Å². The molecular weight excluding hydrogens is 296 g/mol. The Morgan fingerprint density at radius 1 is 1.39 bits per heavy atom. The van der Waals surface area contributed by atoms with Crippen LogP contribution in [0.5, 0.6) is 5.88 Å². The number of aryl methyl sites for hydroxylation is 2. The second kappa shape index (κ2) is 8.36. The minimum atomic E-state index is -0.181. The standard InChI is InChI=1S/C16H24N4O3/c1-4-6-7-13-12(11(3)23-20-13)10-22-15-9-14(18-19-15)16(21)17-8-5-2/h9H,4-8,10H2,1-3H3,(H,17,21)(H,18,19). The van der Waals surface area contributed by atoms with E-state index in [1.165, 1.54) is 0 Å². The second-order valence-electron chi connectivity index (χ2n) is 5.43. The van der Waals surface area contributed by atoms with Crippen LogP contribution in [0.25, 0.3) is 0 Å². The summed E-state index contributed by atoms with van der Waals surface area (Å²) in [5, 5.41) is 13.6. The van der Waals surface area contributed by atoms with Crippen LogP contribution in [-0.2, 0) is 13.0 Å². The lowest BCUT2D eigenvalue weighted by Gasteiger charge is -2.03. The highest BCUT2D eigenvalue weighted by Crippen LogP contribution is 2.18. The number of hydrogen-bond acceptors (Lipinski definition) is 5. The molecule has 0 radical (unpaired) electrons. The molecule has 2 N–H and O–H groups in total. The van der Waals surface area contributed by atoms with Gasteiger partial charge in [0, 0.05) is 12.6 Å². The molecule has 0 spiro atoms. The number of aromatic amines is 1. The van der Waals surface area contributed by atoms with E-state index in [4.69, 9.17) is 9.26 Å². The van der Waals surface area contributed by atoms with Crippen LogP contribution in [0.15, 0.2) is 10.6 Å². The van der Waals surface area contributed by atoms with E-state index in [2.05, 4.69) is 27.6 Å². The Morgan fingerprint density at radius 2 is 2.22 bits per heavy atom. The maximum atomic E-state index is 11.8. The van der Waals surface area contributed by atoms with Gasteiger partial charge < -0.3 is 14.6 Å². The molecule has 7 nitrogen and oxygen atoms in total. The van der Waals surface area contributed by atoms with Gasteiger partial charge in [0.15, 0.2) is 0 Å². The first kappa shape index (κ1) is 17.1. The monoisotopic (exact) mass is 320 g/mol. The summed E-state index contributed by atoms with van der Waals surface area (Å²) in [4.78, 5) is 11.8. The average molecular weight is 320 g/mol. The molecule has 0 aliphatic carbocycles. The number of aromatic nitrogens is 3. The molecule has 0 saturated heterocycles. The van der Waals surface area contributed by atoms with Gasteiger partial charge in [-0.2, -0.15) is 0 Å². The van der Waals surface area contributed by atoms with E-state index in [1.807, 2.05) is 13.8 Å². The third kappa shape index (κ3) is 4.58. The third-order valence-corrected chi connectivity index (χ3v) is 3.53. The topological polar surface area (TPSA) is 93.0 Å². The van der Waals surface area contributed by atoms with Crippen molar-refractivity contribution in [2.75, 3.05) is 6.54 Å². The Balaban J connectivity index is 1.95. The zero-order valence-corrected chi connectivity index (χ0v) is 13.9. The van der Waals surface area contributed by atoms with Gasteiger partial charge in [0.2, 0.25) is 5.88 Å². The maximum Gasteiger partial charge on any atom is 0.269 e. The smallest absolute Gasteiger partial charge is 0.269 e. The SMILES string of the molecule is CCCCc1noc(C)c1COc1cc(C(=O)NCCC)[nH]n1. The van der Waals surface area contributed by atoms with Gasteiger partial charge in [-0.1, -0.05) is 25.4 Å². The predicted molar refractivity (Wildman–Crippen MR) is 85.4 cm³/mol. The largest absolute Gasteiger partial charge is 0.472 e. The van der Waals surface area contributed by atoms with Crippen LogP contribution in [0, 0.1) is 6.92 Å². The first-order valence-corrected chi connectivity index (χ1v) is 8.06. The van der Waals surface area contributed by atoms with Crippen LogP contribution in [0.4, 0.5) is 0 Å². The van der Waals surface area contributed by atoms with Gasteiger partial charge in [0.25, 0.3) is 5.91 Å². The number of rotatable bonds is 9. The highest BCUT2D eigenvalue weighted by Gasteiger charge is 2.15. The summed E-state index contributed by atoms with van der Waals surface area (Å²) in [7, 11) is 0. The molecule has 1 amide bonds. The van der Waals surface area contributed by atoms with Gasteiger partial charge in [-0.3, -0.25) is 9.89 Å². The number of H-pyrrole nitrogens is 1. The number of amides is 1. The molecule has 0 atom stereocenters. The summed E-state index contributed by atoms with van der Waals surface area (Å²) < 4.78 is 10.9. The number of nitrogens with zero attached hydrogens (tertiary/aromatic N) is 2. The van der Waals surface area contributed by atoms with Gasteiger partial charge in [-0.05, 0) is 26.2 Å². The number of ether oxygens (including phenoxy) is 1. The third-order valence-electron chi connectivity index (χ3n) is 3.53. The minimum absolute atomic E-state index is 0.181. The van der Waals surface area contributed by atoms with Crippen molar-refractivity contribution in [3.05, 3.63) is 28.8 Å². The number of carbonyl (C=O) groups is 1. The van der Waals surface area contributed by atoms with Crippen LogP contribution < -0.4 is 10.1 Å². The van der Waals surface area contributed by atoms with Crippen molar-refractivity contribution in [2.24, 2.45) is 0 Å². The van der Waals surface area contributed by atoms with Crippen molar-refractivity contribution in [1.82, 2.24) is 20.7 Å². The fourth-order valence-electron chi connectivity index (χ4n) is 2.14. The van der Waals surface area contributed by atoms with Gasteiger partial charge >= 0.3 is 0 Å². The quantitative estimate of drug-likeness (QED) is 0.741. The number of carbonyl (C=O) groups excluding carboxylic acids is 1. The number of nitrogens with one attached hydrogen (secondary N) is 2. The van der Waals surface area contributed by atoms with E-state index in [0.717, 1.165) is 42.7 Å². The number of unbranched alkanes of at least 4 members (excludes halogenated alkanes) is 1. The first-order valence-electron chi connectivity index (χ1n) is 8.06. The molecule has 0 unspecified atom stereocenters. The summed E-state index contributed by atoms with van der Waals surface area (Å²) in [5.74, 6) is 0.959. The molecule has 2 aromatic heterocycles. The Bertz CT molecular complexity index is 633. The molecule has 0 saturated carbocycles. The Hall–Kier alpha value is -2.31. The van der Waals surface area contributed by atoms with E-state index in [-0.39, 0.29) is 5.91 Å². The Morgan fingerprint density at radius 3 is 2.96 bits per heavy atom. The zero-order valence-electron chi connectivity index (χ0n) is 13.9. The minimum Gasteiger partial charge on any atom is -0.472 e. The fraction of sp³-hybridized carbons (Fsp3) is 0.562. The van der Waals surface area contributed by atoms with E-state index < -0.39 is 0 Å². The molecule has 0 aliphatic heterocycles. The predicted octanol–water partition coefficient (Wildman–Crippen LogP) is 2.77. The first-order chi connectivity index (χ1) is 11.2.